The van der Waals surface area contributed by atoms with E-state index < -0.39 is 0 Å². The standard InChI is InChI=1S/C23H29N5O2/c29-21(26-10-4-5-11-26)17-25-12-14-27(15-13-25)23(30)20-16-24-28(22(20)18-8-9-18)19-6-2-1-3-7-19/h1-3,6-7,16,18H,4-5,8-15,17H2. The third kappa shape index (κ3) is 3.86. The molecule has 7 heteroatoms. The average molecular weight is 408 g/mol. The fourth-order valence-corrected chi connectivity index (χ4v) is 4.58. The Morgan fingerprint density at radius 3 is 2.27 bits per heavy atom. The minimum atomic E-state index is 0.0737. The summed E-state index contributed by atoms with van der Waals surface area (Å²) < 4.78 is 1.94. The van der Waals surface area contributed by atoms with E-state index in [1.165, 1.54) is 0 Å². The minimum Gasteiger partial charge on any atom is -0.342 e. The number of rotatable bonds is 5. The fraction of sp³-hybridized carbons (Fsp3) is 0.522. The highest BCUT2D eigenvalue weighted by atomic mass is 16.2. The molecule has 0 unspecified atom stereocenters. The van der Waals surface area contributed by atoms with Crippen LogP contribution in [0.3, 0.4) is 0 Å². The first-order chi connectivity index (χ1) is 14.7. The molecule has 3 fully saturated rings. The topological polar surface area (TPSA) is 61.7 Å². The van der Waals surface area contributed by atoms with E-state index >= 15 is 0 Å². The molecule has 158 valence electrons. The van der Waals surface area contributed by atoms with Gasteiger partial charge in [0, 0.05) is 45.2 Å². The van der Waals surface area contributed by atoms with Crippen molar-refractivity contribution in [3.8, 4) is 5.69 Å². The number of hydrogen-bond acceptors (Lipinski definition) is 4. The van der Waals surface area contributed by atoms with E-state index in [0.29, 0.717) is 25.6 Å². The number of amides is 2. The van der Waals surface area contributed by atoms with Crippen molar-refractivity contribution in [2.75, 3.05) is 45.8 Å². The first kappa shape index (κ1) is 19.3. The summed E-state index contributed by atoms with van der Waals surface area (Å²) in [6, 6.07) is 10.0. The van der Waals surface area contributed by atoms with E-state index in [0.717, 1.165) is 68.8 Å². The number of para-hydroxylation sites is 1. The Balaban J connectivity index is 1.25. The molecule has 1 aliphatic carbocycles. The fourth-order valence-electron chi connectivity index (χ4n) is 4.58. The molecule has 7 nitrogen and oxygen atoms in total. The monoisotopic (exact) mass is 407 g/mol. The van der Waals surface area contributed by atoms with Gasteiger partial charge in [0.25, 0.3) is 5.91 Å². The highest BCUT2D eigenvalue weighted by molar-refractivity contribution is 5.95. The maximum atomic E-state index is 13.3. The molecule has 2 amide bonds. The van der Waals surface area contributed by atoms with Gasteiger partial charge in [-0.2, -0.15) is 5.10 Å². The number of nitrogens with zero attached hydrogens (tertiary/aromatic N) is 5. The molecule has 2 aliphatic heterocycles. The number of carbonyl (C=O) groups is 2. The van der Waals surface area contributed by atoms with Gasteiger partial charge in [-0.05, 0) is 37.8 Å². The molecule has 0 atom stereocenters. The number of likely N-dealkylation sites (tertiary alicyclic amines) is 1. The summed E-state index contributed by atoms with van der Waals surface area (Å²) in [6.07, 6.45) is 6.21. The Bertz CT molecular complexity index is 907. The van der Waals surface area contributed by atoms with Crippen molar-refractivity contribution >= 4 is 11.8 Å². The number of aromatic nitrogens is 2. The first-order valence-electron chi connectivity index (χ1n) is 11.1. The number of carbonyl (C=O) groups excluding carboxylic acids is 2. The van der Waals surface area contributed by atoms with Crippen molar-refractivity contribution in [2.45, 2.75) is 31.6 Å². The lowest BCUT2D eigenvalue weighted by Crippen LogP contribution is -2.51. The van der Waals surface area contributed by atoms with Crippen molar-refractivity contribution in [3.63, 3.8) is 0 Å². The van der Waals surface area contributed by atoms with Gasteiger partial charge < -0.3 is 9.80 Å². The third-order valence-electron chi connectivity index (χ3n) is 6.48. The summed E-state index contributed by atoms with van der Waals surface area (Å²) in [5.41, 5.74) is 2.80. The van der Waals surface area contributed by atoms with Gasteiger partial charge in [0.1, 0.15) is 0 Å². The summed E-state index contributed by atoms with van der Waals surface area (Å²) in [7, 11) is 0. The van der Waals surface area contributed by atoms with Crippen LogP contribution in [0.5, 0.6) is 0 Å². The zero-order chi connectivity index (χ0) is 20.5. The summed E-state index contributed by atoms with van der Waals surface area (Å²) in [5, 5.41) is 4.57. The van der Waals surface area contributed by atoms with Gasteiger partial charge in [-0.3, -0.25) is 14.5 Å². The van der Waals surface area contributed by atoms with Crippen LogP contribution in [0.2, 0.25) is 0 Å². The van der Waals surface area contributed by atoms with E-state index in [9.17, 15) is 9.59 Å². The molecule has 1 aromatic carbocycles. The Morgan fingerprint density at radius 1 is 0.900 bits per heavy atom. The largest absolute Gasteiger partial charge is 0.342 e. The second-order valence-corrected chi connectivity index (χ2v) is 8.62. The quantitative estimate of drug-likeness (QED) is 0.762. The SMILES string of the molecule is O=C(CN1CCN(C(=O)c2cnn(-c3ccccc3)c2C2CC2)CC1)N1CCCC1. The minimum absolute atomic E-state index is 0.0737. The zero-order valence-electron chi connectivity index (χ0n) is 17.4. The van der Waals surface area contributed by atoms with Crippen LogP contribution in [0.4, 0.5) is 0 Å². The highest BCUT2D eigenvalue weighted by Crippen LogP contribution is 2.42. The van der Waals surface area contributed by atoms with Gasteiger partial charge in [0.05, 0.1) is 29.7 Å². The summed E-state index contributed by atoms with van der Waals surface area (Å²) in [4.78, 5) is 31.8. The van der Waals surface area contributed by atoms with E-state index in [-0.39, 0.29) is 11.8 Å². The van der Waals surface area contributed by atoms with Crippen LogP contribution in [0.25, 0.3) is 5.69 Å². The van der Waals surface area contributed by atoms with Crippen LogP contribution in [-0.2, 0) is 4.79 Å². The molecule has 2 aromatic rings. The van der Waals surface area contributed by atoms with Crippen LogP contribution in [-0.4, -0.2) is 82.1 Å². The molecule has 1 aromatic heterocycles. The summed E-state index contributed by atoms with van der Waals surface area (Å²) in [6.45, 7) is 5.08. The van der Waals surface area contributed by atoms with Crippen LogP contribution >= 0.6 is 0 Å². The maximum absolute atomic E-state index is 13.3. The molecule has 5 rings (SSSR count). The molecule has 0 spiro atoms. The smallest absolute Gasteiger partial charge is 0.257 e. The van der Waals surface area contributed by atoms with Gasteiger partial charge in [-0.25, -0.2) is 4.68 Å². The molecule has 0 bridgehead atoms. The molecule has 1 saturated carbocycles. The Labute approximate surface area is 177 Å². The van der Waals surface area contributed by atoms with E-state index in [4.69, 9.17) is 0 Å². The van der Waals surface area contributed by atoms with Crippen LogP contribution < -0.4 is 0 Å². The number of piperazine rings is 1. The van der Waals surface area contributed by atoms with E-state index in [1.54, 1.807) is 6.20 Å². The third-order valence-corrected chi connectivity index (χ3v) is 6.48. The second-order valence-electron chi connectivity index (χ2n) is 8.62. The van der Waals surface area contributed by atoms with Crippen molar-refractivity contribution in [2.24, 2.45) is 0 Å². The van der Waals surface area contributed by atoms with Gasteiger partial charge >= 0.3 is 0 Å². The number of benzene rings is 1. The van der Waals surface area contributed by atoms with Crippen LogP contribution in [0, 0.1) is 0 Å². The number of hydrogen-bond donors (Lipinski definition) is 0. The highest BCUT2D eigenvalue weighted by Gasteiger charge is 2.35. The lowest BCUT2D eigenvalue weighted by atomic mass is 10.1. The Hall–Kier alpha value is -2.67. The van der Waals surface area contributed by atoms with Gasteiger partial charge in [0.15, 0.2) is 0 Å². The molecule has 30 heavy (non-hydrogen) atoms. The van der Waals surface area contributed by atoms with E-state index in [2.05, 4.69) is 10.00 Å². The van der Waals surface area contributed by atoms with E-state index in [1.807, 2.05) is 44.8 Å². The predicted octanol–water partition coefficient (Wildman–Crippen LogP) is 2.13. The summed E-state index contributed by atoms with van der Waals surface area (Å²) >= 11 is 0. The lowest BCUT2D eigenvalue weighted by Gasteiger charge is -2.35. The van der Waals surface area contributed by atoms with Crippen molar-refractivity contribution in [3.05, 3.63) is 47.8 Å². The Kier molecular flexibility index (Phi) is 5.29. The molecule has 3 heterocycles. The molecule has 2 saturated heterocycles. The van der Waals surface area contributed by atoms with Gasteiger partial charge in [-0.15, -0.1) is 0 Å². The van der Waals surface area contributed by atoms with Gasteiger partial charge in [0.2, 0.25) is 5.91 Å². The maximum Gasteiger partial charge on any atom is 0.257 e. The van der Waals surface area contributed by atoms with Crippen LogP contribution in [0.15, 0.2) is 36.5 Å². The molecular formula is C23H29N5O2. The predicted molar refractivity (Wildman–Crippen MR) is 114 cm³/mol. The lowest BCUT2D eigenvalue weighted by molar-refractivity contribution is -0.131. The average Bonchev–Trinajstić information content (AvgIpc) is 3.28. The van der Waals surface area contributed by atoms with Crippen molar-refractivity contribution in [1.29, 1.82) is 0 Å². The summed E-state index contributed by atoms with van der Waals surface area (Å²) in [5.74, 6) is 0.725. The Morgan fingerprint density at radius 2 is 1.60 bits per heavy atom. The zero-order valence-corrected chi connectivity index (χ0v) is 17.4. The van der Waals surface area contributed by atoms with Gasteiger partial charge in [-0.1, -0.05) is 18.2 Å². The second kappa shape index (κ2) is 8.22. The molecule has 3 aliphatic rings. The van der Waals surface area contributed by atoms with Crippen molar-refractivity contribution in [1.82, 2.24) is 24.5 Å². The molecule has 0 radical (unpaired) electrons. The molecular weight excluding hydrogens is 378 g/mol. The van der Waals surface area contributed by atoms with Crippen LogP contribution in [0.1, 0.15) is 47.7 Å². The first-order valence-corrected chi connectivity index (χ1v) is 11.1. The normalized spacial score (nSPS) is 20.0. The molecule has 0 N–H and O–H groups in total. The van der Waals surface area contributed by atoms with Crippen molar-refractivity contribution < 1.29 is 9.59 Å².